The van der Waals surface area contributed by atoms with Gasteiger partial charge in [0, 0.05) is 10.8 Å². The lowest BCUT2D eigenvalue weighted by atomic mass is 10.2. The fraction of sp³-hybridized carbons (Fsp3) is 0.222. The lowest BCUT2D eigenvalue weighted by Crippen LogP contribution is -1.67. The first-order valence-corrected chi connectivity index (χ1v) is 4.91. The third-order valence-electron chi connectivity index (χ3n) is 1.45. The monoisotopic (exact) mass is 200 g/mol. The molecular weight excluding hydrogens is 192 g/mol. The Morgan fingerprint density at radius 1 is 1.67 bits per heavy atom. The lowest BCUT2D eigenvalue weighted by Gasteiger charge is -1.85. The van der Waals surface area contributed by atoms with Gasteiger partial charge in [0.1, 0.15) is 0 Å². The normalized spacial score (nSPS) is 10.8. The minimum absolute atomic E-state index is 0.508. The highest BCUT2D eigenvalue weighted by molar-refractivity contribution is 7.14. The summed E-state index contributed by atoms with van der Waals surface area (Å²) in [5.41, 5.74) is 1.13. The van der Waals surface area contributed by atoms with Gasteiger partial charge < -0.3 is 0 Å². The molecule has 1 nitrogen and oxygen atoms in total. The predicted octanol–water partition coefficient (Wildman–Crippen LogP) is 3.12. The summed E-state index contributed by atoms with van der Waals surface area (Å²) in [6.45, 7) is 1.98. The van der Waals surface area contributed by atoms with Crippen molar-refractivity contribution < 1.29 is 4.79 Å². The SMILES string of the molecule is Cc1cc(C=O)sc1C=CCCl. The molecule has 3 heteroatoms. The van der Waals surface area contributed by atoms with Crippen molar-refractivity contribution in [2.75, 3.05) is 5.88 Å². The number of aryl methyl sites for hydroxylation is 1. The van der Waals surface area contributed by atoms with Crippen LogP contribution in [-0.4, -0.2) is 12.2 Å². The van der Waals surface area contributed by atoms with E-state index in [2.05, 4.69) is 0 Å². The molecule has 0 atom stereocenters. The van der Waals surface area contributed by atoms with E-state index >= 15 is 0 Å². The van der Waals surface area contributed by atoms with Gasteiger partial charge in [-0.15, -0.1) is 22.9 Å². The van der Waals surface area contributed by atoms with Crippen LogP contribution >= 0.6 is 22.9 Å². The number of aldehydes is 1. The van der Waals surface area contributed by atoms with E-state index in [0.29, 0.717) is 5.88 Å². The molecular formula is C9H9ClOS. The van der Waals surface area contributed by atoms with Crippen LogP contribution in [0.25, 0.3) is 6.08 Å². The van der Waals surface area contributed by atoms with Crippen LogP contribution < -0.4 is 0 Å². The summed E-state index contributed by atoms with van der Waals surface area (Å²) in [6, 6.07) is 1.88. The average molecular weight is 201 g/mol. The van der Waals surface area contributed by atoms with E-state index < -0.39 is 0 Å². The molecule has 1 rings (SSSR count). The van der Waals surface area contributed by atoms with Gasteiger partial charge in [-0.1, -0.05) is 6.08 Å². The molecule has 0 bridgehead atoms. The maximum absolute atomic E-state index is 10.4. The Morgan fingerprint density at radius 3 is 2.92 bits per heavy atom. The molecule has 0 saturated heterocycles. The first kappa shape index (κ1) is 9.49. The summed E-state index contributed by atoms with van der Waals surface area (Å²) in [7, 11) is 0. The van der Waals surface area contributed by atoms with Gasteiger partial charge in [-0.2, -0.15) is 0 Å². The molecule has 0 saturated carbocycles. The van der Waals surface area contributed by atoms with E-state index in [0.717, 1.165) is 21.6 Å². The van der Waals surface area contributed by atoms with Gasteiger partial charge in [-0.25, -0.2) is 0 Å². The summed E-state index contributed by atoms with van der Waals surface area (Å²) in [6.07, 6.45) is 4.69. The number of carbonyl (C=O) groups is 1. The van der Waals surface area contributed by atoms with E-state index in [4.69, 9.17) is 11.6 Å². The summed E-state index contributed by atoms with van der Waals surface area (Å²) in [5, 5.41) is 0. The average Bonchev–Trinajstić information content (AvgIpc) is 2.43. The standard InChI is InChI=1S/C9H9ClOS/c1-7-5-8(6-11)12-9(7)3-2-4-10/h2-3,5-6H,4H2,1H3. The molecule has 64 valence electrons. The highest BCUT2D eigenvalue weighted by atomic mass is 35.5. The smallest absolute Gasteiger partial charge is 0.160 e. The van der Waals surface area contributed by atoms with Crippen molar-refractivity contribution in [2.45, 2.75) is 6.92 Å². The number of alkyl halides is 1. The van der Waals surface area contributed by atoms with Crippen LogP contribution in [0.3, 0.4) is 0 Å². The van der Waals surface area contributed by atoms with E-state index in [1.807, 2.05) is 25.1 Å². The Balaban J connectivity index is 2.91. The van der Waals surface area contributed by atoms with Gasteiger partial charge in [0.05, 0.1) is 4.88 Å². The van der Waals surface area contributed by atoms with Gasteiger partial charge in [-0.3, -0.25) is 4.79 Å². The zero-order valence-corrected chi connectivity index (χ0v) is 8.28. The third kappa shape index (κ3) is 2.19. The molecule has 0 spiro atoms. The van der Waals surface area contributed by atoms with Crippen LogP contribution in [0.15, 0.2) is 12.1 Å². The lowest BCUT2D eigenvalue weighted by molar-refractivity contribution is 0.112. The highest BCUT2D eigenvalue weighted by Crippen LogP contribution is 2.21. The number of carbonyl (C=O) groups excluding carboxylic acids is 1. The van der Waals surface area contributed by atoms with Crippen LogP contribution in [0, 0.1) is 6.92 Å². The maximum Gasteiger partial charge on any atom is 0.160 e. The molecule has 1 aromatic heterocycles. The van der Waals surface area contributed by atoms with E-state index in [9.17, 15) is 4.79 Å². The molecule has 0 radical (unpaired) electrons. The van der Waals surface area contributed by atoms with E-state index in [1.54, 1.807) is 0 Å². The molecule has 1 heterocycles. The Morgan fingerprint density at radius 2 is 2.42 bits per heavy atom. The van der Waals surface area contributed by atoms with Gasteiger partial charge in [-0.05, 0) is 24.6 Å². The second-order valence-corrected chi connectivity index (χ2v) is 3.79. The molecule has 0 N–H and O–H groups in total. The second-order valence-electron chi connectivity index (χ2n) is 2.37. The fourth-order valence-electron chi connectivity index (χ4n) is 0.897. The molecule has 0 aromatic carbocycles. The number of rotatable bonds is 3. The van der Waals surface area contributed by atoms with Crippen LogP contribution in [0.5, 0.6) is 0 Å². The number of allylic oxidation sites excluding steroid dienone is 1. The van der Waals surface area contributed by atoms with Crippen molar-refractivity contribution in [1.29, 1.82) is 0 Å². The number of hydrogen-bond donors (Lipinski definition) is 0. The van der Waals surface area contributed by atoms with Gasteiger partial charge in [0.25, 0.3) is 0 Å². The predicted molar refractivity (Wildman–Crippen MR) is 54.2 cm³/mol. The first-order valence-electron chi connectivity index (χ1n) is 3.56. The topological polar surface area (TPSA) is 17.1 Å². The second kappa shape index (κ2) is 4.43. The van der Waals surface area contributed by atoms with Crippen molar-refractivity contribution in [3.05, 3.63) is 27.5 Å². The molecule has 12 heavy (non-hydrogen) atoms. The van der Waals surface area contributed by atoms with E-state index in [1.165, 1.54) is 11.3 Å². The zero-order valence-electron chi connectivity index (χ0n) is 6.71. The largest absolute Gasteiger partial charge is 0.297 e. The van der Waals surface area contributed by atoms with Crippen molar-refractivity contribution in [3.63, 3.8) is 0 Å². The minimum atomic E-state index is 0.508. The van der Waals surface area contributed by atoms with Crippen LogP contribution in [0.1, 0.15) is 20.1 Å². The molecule has 0 aliphatic heterocycles. The molecule has 0 aliphatic carbocycles. The van der Waals surface area contributed by atoms with E-state index in [-0.39, 0.29) is 0 Å². The van der Waals surface area contributed by atoms with Crippen molar-refractivity contribution in [3.8, 4) is 0 Å². The maximum atomic E-state index is 10.4. The number of halogens is 1. The van der Waals surface area contributed by atoms with Gasteiger partial charge in [0.2, 0.25) is 0 Å². The van der Waals surface area contributed by atoms with Crippen LogP contribution in [0.2, 0.25) is 0 Å². The van der Waals surface area contributed by atoms with Gasteiger partial charge in [0.15, 0.2) is 6.29 Å². The summed E-state index contributed by atoms with van der Waals surface area (Å²) >= 11 is 6.98. The Kier molecular flexibility index (Phi) is 3.50. The zero-order chi connectivity index (χ0) is 8.97. The minimum Gasteiger partial charge on any atom is -0.297 e. The summed E-state index contributed by atoms with van der Waals surface area (Å²) in [4.78, 5) is 12.3. The van der Waals surface area contributed by atoms with Crippen LogP contribution in [-0.2, 0) is 0 Å². The molecule has 0 unspecified atom stereocenters. The molecule has 1 aromatic rings. The Bertz CT molecular complexity index is 301. The van der Waals surface area contributed by atoms with Crippen molar-refractivity contribution in [1.82, 2.24) is 0 Å². The first-order chi connectivity index (χ1) is 5.77. The molecule has 0 fully saturated rings. The van der Waals surface area contributed by atoms with Crippen LogP contribution in [0.4, 0.5) is 0 Å². The summed E-state index contributed by atoms with van der Waals surface area (Å²) < 4.78 is 0. The van der Waals surface area contributed by atoms with Crippen molar-refractivity contribution in [2.24, 2.45) is 0 Å². The Labute approximate surface area is 80.7 Å². The Hall–Kier alpha value is -0.600. The highest BCUT2D eigenvalue weighted by Gasteiger charge is 2.00. The quantitative estimate of drug-likeness (QED) is 0.541. The summed E-state index contributed by atoms with van der Waals surface area (Å²) in [5.74, 6) is 0.508. The number of thiophene rings is 1. The molecule has 0 aliphatic rings. The third-order valence-corrected chi connectivity index (χ3v) is 2.76. The van der Waals surface area contributed by atoms with Crippen molar-refractivity contribution >= 4 is 35.3 Å². The molecule has 0 amide bonds. The van der Waals surface area contributed by atoms with Gasteiger partial charge >= 0.3 is 0 Å². The fourth-order valence-corrected chi connectivity index (χ4v) is 1.91. The number of hydrogen-bond acceptors (Lipinski definition) is 2.